The van der Waals surface area contributed by atoms with Crippen molar-refractivity contribution in [1.82, 2.24) is 9.97 Å². The highest BCUT2D eigenvalue weighted by Crippen LogP contribution is 2.27. The quantitative estimate of drug-likeness (QED) is 0.761. The van der Waals surface area contributed by atoms with Gasteiger partial charge < -0.3 is 4.98 Å². The fourth-order valence-corrected chi connectivity index (χ4v) is 1.62. The lowest BCUT2D eigenvalue weighted by Crippen LogP contribution is -2.24. The third-order valence-corrected chi connectivity index (χ3v) is 2.64. The van der Waals surface area contributed by atoms with E-state index in [-0.39, 0.29) is 15.5 Å². The van der Waals surface area contributed by atoms with E-state index in [1.165, 1.54) is 12.1 Å². The summed E-state index contributed by atoms with van der Waals surface area (Å²) in [4.78, 5) is 16.1. The van der Waals surface area contributed by atoms with E-state index in [1.54, 1.807) is 0 Å². The second kappa shape index (κ2) is 3.80. The number of nitrogens with one attached hydrogen (secondary N) is 1. The lowest BCUT2D eigenvalue weighted by atomic mass is 10.2. The molecule has 2 aromatic rings. The zero-order valence-corrected chi connectivity index (χ0v) is 9.49. The maximum absolute atomic E-state index is 13.5. The smallest absolute Gasteiger partial charge is 0.316 e. The third kappa shape index (κ3) is 2.04. The summed E-state index contributed by atoms with van der Waals surface area (Å²) in [5.41, 5.74) is -3.69. The van der Waals surface area contributed by atoms with E-state index >= 15 is 0 Å². The molecule has 0 fully saturated rings. The van der Waals surface area contributed by atoms with Gasteiger partial charge in [0.05, 0.1) is 9.99 Å². The Morgan fingerprint density at radius 3 is 2.53 bits per heavy atom. The van der Waals surface area contributed by atoms with Crippen molar-refractivity contribution >= 4 is 27.0 Å². The van der Waals surface area contributed by atoms with Crippen LogP contribution in [0.4, 0.5) is 17.6 Å². The summed E-state index contributed by atoms with van der Waals surface area (Å²) in [7, 11) is 0. The van der Waals surface area contributed by atoms with Crippen molar-refractivity contribution in [3.63, 3.8) is 0 Å². The number of benzene rings is 1. The number of hydrogen-bond acceptors (Lipinski definition) is 2. The van der Waals surface area contributed by atoms with Crippen molar-refractivity contribution in [3.8, 4) is 0 Å². The average molecular weight is 311 g/mol. The summed E-state index contributed by atoms with van der Waals surface area (Å²) in [6.45, 7) is 0. The first-order valence-corrected chi connectivity index (χ1v) is 5.05. The van der Waals surface area contributed by atoms with Gasteiger partial charge in [-0.25, -0.2) is 9.37 Å². The van der Waals surface area contributed by atoms with E-state index in [9.17, 15) is 22.4 Å². The van der Waals surface area contributed by atoms with Gasteiger partial charge in [-0.3, -0.25) is 4.79 Å². The van der Waals surface area contributed by atoms with Gasteiger partial charge in [0.2, 0.25) is 5.69 Å². The topological polar surface area (TPSA) is 45.8 Å². The van der Waals surface area contributed by atoms with Gasteiger partial charge in [-0.1, -0.05) is 0 Å². The van der Waals surface area contributed by atoms with Crippen molar-refractivity contribution in [2.24, 2.45) is 0 Å². The van der Waals surface area contributed by atoms with Crippen LogP contribution in [-0.2, 0) is 6.18 Å². The number of aromatic amines is 1. The number of nitrogens with zero attached hydrogens (tertiary/aromatic N) is 1. The molecular formula is C9H3BrF4N2O. The Morgan fingerprint density at radius 1 is 1.29 bits per heavy atom. The zero-order chi connectivity index (χ0) is 12.8. The van der Waals surface area contributed by atoms with Gasteiger partial charge in [0.15, 0.2) is 5.82 Å². The Kier molecular flexibility index (Phi) is 2.69. The van der Waals surface area contributed by atoms with Crippen LogP contribution < -0.4 is 5.56 Å². The molecule has 0 aliphatic heterocycles. The lowest BCUT2D eigenvalue weighted by molar-refractivity contribution is -0.142. The van der Waals surface area contributed by atoms with Crippen molar-refractivity contribution in [1.29, 1.82) is 0 Å². The first kappa shape index (κ1) is 12.0. The van der Waals surface area contributed by atoms with Gasteiger partial charge in [-0.05, 0) is 28.1 Å². The van der Waals surface area contributed by atoms with Gasteiger partial charge in [0, 0.05) is 0 Å². The molecule has 1 aromatic carbocycles. The number of halogens is 5. The predicted molar refractivity (Wildman–Crippen MR) is 55.0 cm³/mol. The molecule has 0 bridgehead atoms. The van der Waals surface area contributed by atoms with E-state index in [1.807, 2.05) is 4.98 Å². The summed E-state index contributed by atoms with van der Waals surface area (Å²) < 4.78 is 50.6. The normalized spacial score (nSPS) is 12.1. The summed E-state index contributed by atoms with van der Waals surface area (Å²) in [6, 6.07) is 2.39. The molecule has 90 valence electrons. The van der Waals surface area contributed by atoms with Crippen molar-refractivity contribution in [2.45, 2.75) is 6.18 Å². The summed E-state index contributed by atoms with van der Waals surface area (Å²) in [6.07, 6.45) is -4.87. The van der Waals surface area contributed by atoms with Gasteiger partial charge in [0.1, 0.15) is 5.52 Å². The second-order valence-corrected chi connectivity index (χ2v) is 4.02. The highest BCUT2D eigenvalue weighted by molar-refractivity contribution is 9.10. The van der Waals surface area contributed by atoms with Gasteiger partial charge in [-0.15, -0.1) is 0 Å². The van der Waals surface area contributed by atoms with Crippen LogP contribution in [0.3, 0.4) is 0 Å². The maximum atomic E-state index is 13.5. The van der Waals surface area contributed by atoms with Crippen LogP contribution in [0.25, 0.3) is 11.0 Å². The van der Waals surface area contributed by atoms with Crippen molar-refractivity contribution in [2.75, 3.05) is 0 Å². The van der Waals surface area contributed by atoms with Crippen LogP contribution in [0.2, 0.25) is 0 Å². The number of fused-ring (bicyclic) bond motifs is 1. The monoisotopic (exact) mass is 310 g/mol. The molecule has 8 heteroatoms. The first-order chi connectivity index (χ1) is 7.80. The molecule has 0 amide bonds. The lowest BCUT2D eigenvalue weighted by Gasteiger charge is -2.06. The highest BCUT2D eigenvalue weighted by Gasteiger charge is 2.36. The molecule has 0 spiro atoms. The molecule has 2 rings (SSSR count). The fourth-order valence-electron chi connectivity index (χ4n) is 1.29. The van der Waals surface area contributed by atoms with E-state index in [0.29, 0.717) is 0 Å². The Balaban J connectivity index is 2.85. The largest absolute Gasteiger partial charge is 0.438 e. The Morgan fingerprint density at radius 2 is 1.94 bits per heavy atom. The molecule has 1 heterocycles. The second-order valence-electron chi connectivity index (χ2n) is 3.17. The molecule has 0 radical (unpaired) electrons. The van der Waals surface area contributed by atoms with Gasteiger partial charge >= 0.3 is 6.18 Å². The summed E-state index contributed by atoms with van der Waals surface area (Å²) in [5, 5.41) is 0. The molecule has 0 saturated heterocycles. The summed E-state index contributed by atoms with van der Waals surface area (Å²) >= 11 is 2.85. The summed E-state index contributed by atoms with van der Waals surface area (Å²) in [5.74, 6) is -0.860. The highest BCUT2D eigenvalue weighted by atomic mass is 79.9. The Hall–Kier alpha value is -1.44. The number of rotatable bonds is 0. The molecule has 0 aliphatic rings. The number of hydrogen-bond donors (Lipinski definition) is 1. The molecule has 0 aliphatic carbocycles. The average Bonchev–Trinajstić information content (AvgIpc) is 2.22. The van der Waals surface area contributed by atoms with Crippen LogP contribution in [0, 0.1) is 5.82 Å². The third-order valence-electron chi connectivity index (χ3n) is 2.03. The van der Waals surface area contributed by atoms with Crippen LogP contribution in [0.1, 0.15) is 5.69 Å². The van der Waals surface area contributed by atoms with Crippen LogP contribution in [0.15, 0.2) is 21.4 Å². The molecular weight excluding hydrogens is 308 g/mol. The van der Waals surface area contributed by atoms with Crippen molar-refractivity contribution < 1.29 is 17.6 Å². The fraction of sp³-hybridized carbons (Fsp3) is 0.111. The molecule has 1 aromatic heterocycles. The molecule has 1 N–H and O–H groups in total. The number of aromatic nitrogens is 2. The number of alkyl halides is 3. The minimum absolute atomic E-state index is 0.0298. The minimum atomic E-state index is -4.87. The molecule has 0 atom stereocenters. The van der Waals surface area contributed by atoms with E-state index in [4.69, 9.17) is 0 Å². The predicted octanol–water partition coefficient (Wildman–Crippen LogP) is 2.84. The molecule has 0 saturated carbocycles. The molecule has 3 nitrogen and oxygen atoms in total. The van der Waals surface area contributed by atoms with Crippen LogP contribution in [0.5, 0.6) is 0 Å². The standard InChI is InChI=1S/C9H3BrF4N2O/c10-3-1-2-4-6(5(3)11)16-8(17)7(15-4)9(12,13)14/h1-2H,(H,16,17). The molecule has 17 heavy (non-hydrogen) atoms. The van der Waals surface area contributed by atoms with Gasteiger partial charge in [-0.2, -0.15) is 13.2 Å². The zero-order valence-electron chi connectivity index (χ0n) is 7.90. The van der Waals surface area contributed by atoms with Crippen LogP contribution in [-0.4, -0.2) is 9.97 Å². The number of H-pyrrole nitrogens is 1. The van der Waals surface area contributed by atoms with E-state index in [0.717, 1.165) is 0 Å². The van der Waals surface area contributed by atoms with E-state index < -0.39 is 23.2 Å². The SMILES string of the molecule is O=c1[nH]c2c(F)c(Br)ccc2nc1C(F)(F)F. The van der Waals surface area contributed by atoms with Gasteiger partial charge in [0.25, 0.3) is 5.56 Å². The minimum Gasteiger partial charge on any atom is -0.316 e. The van der Waals surface area contributed by atoms with Crippen LogP contribution >= 0.6 is 15.9 Å². The van der Waals surface area contributed by atoms with Crippen molar-refractivity contribution in [3.05, 3.63) is 38.5 Å². The molecule has 0 unspecified atom stereocenters. The first-order valence-electron chi connectivity index (χ1n) is 4.26. The Labute approximate surface area is 99.6 Å². The maximum Gasteiger partial charge on any atom is 0.438 e. The van der Waals surface area contributed by atoms with E-state index in [2.05, 4.69) is 20.9 Å². The Bertz CT molecular complexity index is 650.